The van der Waals surface area contributed by atoms with Gasteiger partial charge in [0.1, 0.15) is 5.60 Å². The molecule has 1 amide bonds. The first kappa shape index (κ1) is 17.9. The molecule has 0 saturated heterocycles. The number of nitrogens with zero attached hydrogens (tertiary/aromatic N) is 1. The molecular weight excluding hydrogens is 286 g/mol. The van der Waals surface area contributed by atoms with Crippen LogP contribution in [0.5, 0.6) is 0 Å². The molecular formula is C15H23N3O4. The van der Waals surface area contributed by atoms with Gasteiger partial charge in [0, 0.05) is 13.5 Å². The monoisotopic (exact) mass is 309 g/mol. The molecule has 7 heteroatoms. The van der Waals surface area contributed by atoms with Crippen molar-refractivity contribution in [3.05, 3.63) is 23.5 Å². The van der Waals surface area contributed by atoms with Gasteiger partial charge in [-0.1, -0.05) is 0 Å². The molecule has 122 valence electrons. The number of carbonyl (C=O) groups excluding carboxylic acids is 1. The molecule has 0 saturated carbocycles. The van der Waals surface area contributed by atoms with Crippen molar-refractivity contribution in [1.29, 1.82) is 0 Å². The van der Waals surface area contributed by atoms with Gasteiger partial charge in [-0.05, 0) is 45.4 Å². The lowest BCUT2D eigenvalue weighted by Gasteiger charge is -2.20. The summed E-state index contributed by atoms with van der Waals surface area (Å²) in [5, 5.41) is 13.4. The fourth-order valence-electron chi connectivity index (χ4n) is 1.83. The Balaban J connectivity index is 0.000000541. The van der Waals surface area contributed by atoms with E-state index in [9.17, 15) is 4.79 Å². The Morgan fingerprint density at radius 2 is 2.05 bits per heavy atom. The molecule has 7 nitrogen and oxygen atoms in total. The number of ether oxygens (including phenoxy) is 1. The molecule has 3 N–H and O–H groups in total. The number of carboxylic acid groups (broad SMARTS) is 1. The van der Waals surface area contributed by atoms with Crippen LogP contribution in [0.4, 0.5) is 10.5 Å². The van der Waals surface area contributed by atoms with Crippen molar-refractivity contribution in [3.63, 3.8) is 0 Å². The zero-order valence-corrected chi connectivity index (χ0v) is 13.4. The SMILES string of the molecule is CC(=O)O.CC(C)(C)OC(=O)Nc1cnc2c(c1)CCNC2. The molecule has 22 heavy (non-hydrogen) atoms. The van der Waals surface area contributed by atoms with Crippen molar-refractivity contribution >= 4 is 17.7 Å². The van der Waals surface area contributed by atoms with E-state index in [2.05, 4.69) is 15.6 Å². The van der Waals surface area contributed by atoms with Crippen LogP contribution < -0.4 is 10.6 Å². The third-order valence-corrected chi connectivity index (χ3v) is 2.57. The number of fused-ring (bicyclic) bond motifs is 1. The number of hydrogen-bond acceptors (Lipinski definition) is 5. The maximum atomic E-state index is 11.6. The van der Waals surface area contributed by atoms with E-state index in [-0.39, 0.29) is 0 Å². The van der Waals surface area contributed by atoms with E-state index in [0.29, 0.717) is 5.69 Å². The maximum absolute atomic E-state index is 11.6. The number of amides is 1. The third kappa shape index (κ3) is 7.03. The number of carboxylic acids is 1. The molecule has 1 aromatic rings. The summed E-state index contributed by atoms with van der Waals surface area (Å²) in [5.41, 5.74) is 2.43. The summed E-state index contributed by atoms with van der Waals surface area (Å²) in [6, 6.07) is 1.97. The zero-order chi connectivity index (χ0) is 16.8. The van der Waals surface area contributed by atoms with Crippen LogP contribution in [-0.2, 0) is 22.5 Å². The van der Waals surface area contributed by atoms with Crippen LogP contribution in [0.1, 0.15) is 39.0 Å². The van der Waals surface area contributed by atoms with Gasteiger partial charge in [-0.3, -0.25) is 15.1 Å². The molecule has 0 aliphatic carbocycles. The van der Waals surface area contributed by atoms with Crippen molar-refractivity contribution in [2.45, 2.75) is 46.3 Å². The lowest BCUT2D eigenvalue weighted by Crippen LogP contribution is -2.28. The number of rotatable bonds is 1. The van der Waals surface area contributed by atoms with Gasteiger partial charge in [0.05, 0.1) is 17.6 Å². The van der Waals surface area contributed by atoms with E-state index < -0.39 is 17.7 Å². The van der Waals surface area contributed by atoms with Crippen LogP contribution in [0.2, 0.25) is 0 Å². The highest BCUT2D eigenvalue weighted by Crippen LogP contribution is 2.17. The van der Waals surface area contributed by atoms with E-state index in [1.54, 1.807) is 6.20 Å². The zero-order valence-electron chi connectivity index (χ0n) is 13.4. The Morgan fingerprint density at radius 1 is 1.41 bits per heavy atom. The first-order chi connectivity index (χ1) is 10.2. The van der Waals surface area contributed by atoms with Crippen molar-refractivity contribution in [2.24, 2.45) is 0 Å². The largest absolute Gasteiger partial charge is 0.481 e. The van der Waals surface area contributed by atoms with Gasteiger partial charge in [-0.15, -0.1) is 0 Å². The Morgan fingerprint density at radius 3 is 2.64 bits per heavy atom. The molecule has 2 rings (SSSR count). The second-order valence-corrected chi connectivity index (χ2v) is 5.90. The predicted octanol–water partition coefficient (Wildman–Crippen LogP) is 2.17. The Hall–Kier alpha value is -2.15. The van der Waals surface area contributed by atoms with Gasteiger partial charge in [-0.2, -0.15) is 0 Å². The molecule has 1 aliphatic rings. The summed E-state index contributed by atoms with van der Waals surface area (Å²) >= 11 is 0. The van der Waals surface area contributed by atoms with Gasteiger partial charge in [0.25, 0.3) is 5.97 Å². The van der Waals surface area contributed by atoms with Gasteiger partial charge < -0.3 is 15.2 Å². The first-order valence-electron chi connectivity index (χ1n) is 7.05. The molecule has 1 aliphatic heterocycles. The summed E-state index contributed by atoms with van der Waals surface area (Å²) in [6.45, 7) is 8.34. The van der Waals surface area contributed by atoms with Crippen LogP contribution in [0.15, 0.2) is 12.3 Å². The van der Waals surface area contributed by atoms with E-state index in [1.165, 1.54) is 5.56 Å². The number of aromatic nitrogens is 1. The molecule has 0 aromatic carbocycles. The van der Waals surface area contributed by atoms with Gasteiger partial charge in [0.2, 0.25) is 0 Å². The molecule has 0 bridgehead atoms. The predicted molar refractivity (Wildman–Crippen MR) is 82.8 cm³/mol. The van der Waals surface area contributed by atoms with Crippen molar-refractivity contribution in [2.75, 3.05) is 11.9 Å². The number of aliphatic carboxylic acids is 1. The molecule has 0 spiro atoms. The number of pyridine rings is 1. The average molecular weight is 309 g/mol. The Bertz CT molecular complexity index is 534. The van der Waals surface area contributed by atoms with Gasteiger partial charge >= 0.3 is 6.09 Å². The normalized spacial score (nSPS) is 13.3. The van der Waals surface area contributed by atoms with Crippen LogP contribution in [0.3, 0.4) is 0 Å². The summed E-state index contributed by atoms with van der Waals surface area (Å²) in [6.07, 6.45) is 2.15. The van der Waals surface area contributed by atoms with Gasteiger partial charge in [-0.25, -0.2) is 4.79 Å². The molecule has 0 unspecified atom stereocenters. The minimum absolute atomic E-state index is 0.446. The molecule has 0 fully saturated rings. The fraction of sp³-hybridized carbons (Fsp3) is 0.533. The lowest BCUT2D eigenvalue weighted by molar-refractivity contribution is -0.134. The molecule has 0 atom stereocenters. The van der Waals surface area contributed by atoms with Crippen molar-refractivity contribution in [3.8, 4) is 0 Å². The Labute approximate surface area is 130 Å². The first-order valence-corrected chi connectivity index (χ1v) is 7.05. The second-order valence-electron chi connectivity index (χ2n) is 5.90. The number of anilines is 1. The number of carbonyl (C=O) groups is 2. The van der Waals surface area contributed by atoms with Crippen molar-refractivity contribution in [1.82, 2.24) is 10.3 Å². The smallest absolute Gasteiger partial charge is 0.412 e. The minimum atomic E-state index is -0.833. The van der Waals surface area contributed by atoms with Crippen LogP contribution in [0.25, 0.3) is 0 Å². The van der Waals surface area contributed by atoms with Crippen LogP contribution in [0, 0.1) is 0 Å². The minimum Gasteiger partial charge on any atom is -0.481 e. The fourth-order valence-corrected chi connectivity index (χ4v) is 1.83. The second kappa shape index (κ2) is 7.74. The van der Waals surface area contributed by atoms with E-state index in [0.717, 1.165) is 32.1 Å². The lowest BCUT2D eigenvalue weighted by atomic mass is 10.1. The third-order valence-electron chi connectivity index (χ3n) is 2.57. The Kier molecular flexibility index (Phi) is 6.30. The average Bonchev–Trinajstić information content (AvgIpc) is 2.35. The summed E-state index contributed by atoms with van der Waals surface area (Å²) in [5.74, 6) is -0.833. The van der Waals surface area contributed by atoms with Crippen LogP contribution in [-0.4, -0.2) is 34.3 Å². The quantitative estimate of drug-likeness (QED) is 0.735. The summed E-state index contributed by atoms with van der Waals surface area (Å²) in [4.78, 5) is 25.0. The van der Waals surface area contributed by atoms with E-state index in [4.69, 9.17) is 14.6 Å². The highest BCUT2D eigenvalue weighted by Gasteiger charge is 2.17. The number of nitrogens with one attached hydrogen (secondary N) is 2. The number of hydrogen-bond donors (Lipinski definition) is 3. The van der Waals surface area contributed by atoms with Crippen molar-refractivity contribution < 1.29 is 19.4 Å². The summed E-state index contributed by atoms with van der Waals surface area (Å²) in [7, 11) is 0. The molecule has 0 radical (unpaired) electrons. The van der Waals surface area contributed by atoms with Gasteiger partial charge in [0.15, 0.2) is 0 Å². The maximum Gasteiger partial charge on any atom is 0.412 e. The van der Waals surface area contributed by atoms with E-state index >= 15 is 0 Å². The summed E-state index contributed by atoms with van der Waals surface area (Å²) < 4.78 is 5.20. The van der Waals surface area contributed by atoms with E-state index in [1.807, 2.05) is 26.8 Å². The highest BCUT2D eigenvalue weighted by molar-refractivity contribution is 5.84. The topological polar surface area (TPSA) is 101 Å². The molecule has 1 aromatic heterocycles. The standard InChI is InChI=1S/C13H19N3O2.C2H4O2/c1-13(2,3)18-12(17)16-10-6-9-4-5-14-8-11(9)15-7-10;1-2(3)4/h6-7,14H,4-5,8H2,1-3H3,(H,16,17);1H3,(H,3,4). The molecule has 2 heterocycles. The highest BCUT2D eigenvalue weighted by atomic mass is 16.6. The van der Waals surface area contributed by atoms with Crippen LogP contribution >= 0.6 is 0 Å².